The first-order valence-corrected chi connectivity index (χ1v) is 8.57. The number of nitrogens with zero attached hydrogens (tertiary/aromatic N) is 3. The second-order valence-corrected chi connectivity index (χ2v) is 6.55. The molecule has 1 aliphatic rings. The number of rotatable bonds is 3. The Morgan fingerprint density at radius 2 is 2.40 bits per heavy atom. The Labute approximate surface area is 127 Å². The number of alkyl halides is 1. The van der Waals surface area contributed by atoms with Crippen molar-refractivity contribution in [1.82, 2.24) is 9.55 Å². The number of thioether (sulfide) groups is 1. The summed E-state index contributed by atoms with van der Waals surface area (Å²) in [6.45, 7) is 0. The third-order valence-electron chi connectivity index (χ3n) is 3.71. The van der Waals surface area contributed by atoms with Gasteiger partial charge < -0.3 is 4.57 Å². The molecule has 1 atom stereocenters. The largest absolute Gasteiger partial charge is 0.324 e. The van der Waals surface area contributed by atoms with Crippen molar-refractivity contribution in [3.8, 4) is 6.07 Å². The Bertz CT molecular complexity index is 653. The molecule has 3 nitrogen and oxygen atoms in total. The van der Waals surface area contributed by atoms with Gasteiger partial charge in [-0.3, -0.25) is 0 Å². The predicted molar refractivity (Wildman–Crippen MR) is 84.5 cm³/mol. The Hall–Kier alpha value is -1.18. The maximum atomic E-state index is 9.10. The number of benzene rings is 1. The summed E-state index contributed by atoms with van der Waals surface area (Å²) in [6, 6.07) is 8.43. The van der Waals surface area contributed by atoms with E-state index in [0.717, 1.165) is 29.0 Å². The van der Waals surface area contributed by atoms with Crippen molar-refractivity contribution < 1.29 is 0 Å². The lowest BCUT2D eigenvalue weighted by molar-refractivity contribution is 0.495. The predicted octanol–water partition coefficient (Wildman–Crippen LogP) is 3.76. The quantitative estimate of drug-likeness (QED) is 0.811. The normalized spacial score (nSPS) is 19.1. The van der Waals surface area contributed by atoms with Crippen LogP contribution in [0.4, 0.5) is 0 Å². The number of halogens is 1. The molecule has 1 unspecified atom stereocenters. The van der Waals surface area contributed by atoms with Gasteiger partial charge in [-0.2, -0.15) is 17.0 Å². The number of aryl methyl sites for hydroxylation is 1. The van der Waals surface area contributed by atoms with E-state index in [1.54, 1.807) is 0 Å². The van der Waals surface area contributed by atoms with Crippen LogP contribution < -0.4 is 0 Å². The molecular weight excluding hydrogens is 290 g/mol. The minimum absolute atomic E-state index is 0.478. The van der Waals surface area contributed by atoms with Crippen molar-refractivity contribution in [2.24, 2.45) is 0 Å². The fraction of sp³-hybridized carbons (Fsp3) is 0.467. The maximum absolute atomic E-state index is 9.10. The van der Waals surface area contributed by atoms with Gasteiger partial charge in [0, 0.05) is 24.1 Å². The Kier molecular flexibility index (Phi) is 4.18. The smallest absolute Gasteiger partial charge is 0.111 e. The SMILES string of the molecule is N#Cc1ccc2nc(CCCl)n(C3CCCSC3)c2c1. The fourth-order valence-electron chi connectivity index (χ4n) is 2.81. The first-order valence-electron chi connectivity index (χ1n) is 6.88. The fourth-order valence-corrected chi connectivity index (χ4v) is 4.10. The van der Waals surface area contributed by atoms with Crippen LogP contribution in [0.3, 0.4) is 0 Å². The molecule has 5 heteroatoms. The summed E-state index contributed by atoms with van der Waals surface area (Å²) in [6.07, 6.45) is 3.21. The molecule has 20 heavy (non-hydrogen) atoms. The van der Waals surface area contributed by atoms with Crippen LogP contribution in [-0.4, -0.2) is 26.9 Å². The lowest BCUT2D eigenvalue weighted by Gasteiger charge is -2.25. The minimum Gasteiger partial charge on any atom is -0.324 e. The molecule has 1 fully saturated rings. The summed E-state index contributed by atoms with van der Waals surface area (Å²) in [5.74, 6) is 4.00. The summed E-state index contributed by atoms with van der Waals surface area (Å²) in [7, 11) is 0. The third-order valence-corrected chi connectivity index (χ3v) is 5.10. The lowest BCUT2D eigenvalue weighted by atomic mass is 10.1. The van der Waals surface area contributed by atoms with Crippen molar-refractivity contribution in [3.05, 3.63) is 29.6 Å². The highest BCUT2D eigenvalue weighted by molar-refractivity contribution is 7.99. The van der Waals surface area contributed by atoms with E-state index < -0.39 is 0 Å². The second-order valence-electron chi connectivity index (χ2n) is 5.02. The van der Waals surface area contributed by atoms with Crippen molar-refractivity contribution >= 4 is 34.4 Å². The summed E-state index contributed by atoms with van der Waals surface area (Å²) >= 11 is 7.92. The Morgan fingerprint density at radius 1 is 1.50 bits per heavy atom. The molecule has 0 amide bonds. The van der Waals surface area contributed by atoms with Gasteiger partial charge in [0.15, 0.2) is 0 Å². The van der Waals surface area contributed by atoms with Crippen LogP contribution in [0.2, 0.25) is 0 Å². The molecule has 104 valence electrons. The zero-order valence-corrected chi connectivity index (χ0v) is 12.8. The van der Waals surface area contributed by atoms with Crippen molar-refractivity contribution in [1.29, 1.82) is 5.26 Å². The van der Waals surface area contributed by atoms with E-state index in [-0.39, 0.29) is 0 Å². The number of hydrogen-bond donors (Lipinski definition) is 0. The summed E-state index contributed by atoms with van der Waals surface area (Å²) in [4.78, 5) is 4.71. The Balaban J connectivity index is 2.13. The van der Waals surface area contributed by atoms with Crippen LogP contribution in [-0.2, 0) is 6.42 Å². The van der Waals surface area contributed by atoms with Gasteiger partial charge in [-0.05, 0) is 36.8 Å². The van der Waals surface area contributed by atoms with E-state index >= 15 is 0 Å². The topological polar surface area (TPSA) is 41.6 Å². The Morgan fingerprint density at radius 3 is 3.10 bits per heavy atom. The van der Waals surface area contributed by atoms with Crippen molar-refractivity contribution in [2.45, 2.75) is 25.3 Å². The number of aromatic nitrogens is 2. The molecule has 1 aromatic carbocycles. The van der Waals surface area contributed by atoms with Crippen molar-refractivity contribution in [2.75, 3.05) is 17.4 Å². The molecule has 0 N–H and O–H groups in total. The van der Waals surface area contributed by atoms with Gasteiger partial charge in [-0.15, -0.1) is 11.6 Å². The van der Waals surface area contributed by atoms with E-state index in [4.69, 9.17) is 21.8 Å². The molecule has 0 spiro atoms. The van der Waals surface area contributed by atoms with E-state index in [2.05, 4.69) is 10.6 Å². The van der Waals surface area contributed by atoms with Crippen LogP contribution >= 0.6 is 23.4 Å². The van der Waals surface area contributed by atoms with Crippen LogP contribution in [0.5, 0.6) is 0 Å². The molecule has 0 radical (unpaired) electrons. The molecule has 1 aliphatic heterocycles. The molecule has 0 saturated carbocycles. The van der Waals surface area contributed by atoms with E-state index in [1.807, 2.05) is 30.0 Å². The maximum Gasteiger partial charge on any atom is 0.111 e. The first kappa shape index (κ1) is 13.8. The van der Waals surface area contributed by atoms with Gasteiger partial charge in [0.25, 0.3) is 0 Å². The van der Waals surface area contributed by atoms with Crippen molar-refractivity contribution in [3.63, 3.8) is 0 Å². The zero-order chi connectivity index (χ0) is 13.9. The summed E-state index contributed by atoms with van der Waals surface area (Å²) < 4.78 is 2.32. The number of nitriles is 1. The number of imidazole rings is 1. The summed E-state index contributed by atoms with van der Waals surface area (Å²) in [5, 5.41) is 9.10. The van der Waals surface area contributed by atoms with Crippen LogP contribution in [0, 0.1) is 11.3 Å². The minimum atomic E-state index is 0.478. The molecule has 0 aliphatic carbocycles. The first-order chi connectivity index (χ1) is 9.83. The average Bonchev–Trinajstić information content (AvgIpc) is 2.85. The third kappa shape index (κ3) is 2.53. The molecule has 1 aromatic heterocycles. The van der Waals surface area contributed by atoms with Gasteiger partial charge in [-0.1, -0.05) is 0 Å². The highest BCUT2D eigenvalue weighted by Crippen LogP contribution is 2.31. The molecule has 0 bridgehead atoms. The van der Waals surface area contributed by atoms with Gasteiger partial charge in [0.05, 0.1) is 22.7 Å². The van der Waals surface area contributed by atoms with Gasteiger partial charge in [0.2, 0.25) is 0 Å². The van der Waals surface area contributed by atoms with Gasteiger partial charge >= 0.3 is 0 Å². The summed E-state index contributed by atoms with van der Waals surface area (Å²) in [5.41, 5.74) is 2.75. The van der Waals surface area contributed by atoms with Crippen LogP contribution in [0.1, 0.15) is 30.3 Å². The molecular formula is C15H16ClN3S. The monoisotopic (exact) mass is 305 g/mol. The molecule has 1 saturated heterocycles. The number of fused-ring (bicyclic) bond motifs is 1. The van der Waals surface area contributed by atoms with E-state index in [9.17, 15) is 0 Å². The van der Waals surface area contributed by atoms with Crippen LogP contribution in [0.15, 0.2) is 18.2 Å². The van der Waals surface area contributed by atoms with Gasteiger partial charge in [-0.25, -0.2) is 4.98 Å². The average molecular weight is 306 g/mol. The highest BCUT2D eigenvalue weighted by atomic mass is 35.5. The van der Waals surface area contributed by atoms with E-state index in [0.29, 0.717) is 17.5 Å². The number of hydrogen-bond acceptors (Lipinski definition) is 3. The molecule has 3 rings (SSSR count). The van der Waals surface area contributed by atoms with E-state index in [1.165, 1.54) is 18.6 Å². The molecule has 2 heterocycles. The van der Waals surface area contributed by atoms with Crippen LogP contribution in [0.25, 0.3) is 11.0 Å². The highest BCUT2D eigenvalue weighted by Gasteiger charge is 2.21. The zero-order valence-electron chi connectivity index (χ0n) is 11.2. The lowest BCUT2D eigenvalue weighted by Crippen LogP contribution is -2.18. The second kappa shape index (κ2) is 6.07. The standard InChI is InChI=1S/C15H16ClN3S/c16-6-5-15-18-13-4-3-11(9-17)8-14(13)19(15)12-2-1-7-20-10-12/h3-4,8,12H,1-2,5-7,10H2. The van der Waals surface area contributed by atoms with Gasteiger partial charge in [0.1, 0.15) is 5.82 Å². The molecule has 2 aromatic rings.